The highest BCUT2D eigenvalue weighted by Gasteiger charge is 2.12. The predicted octanol–water partition coefficient (Wildman–Crippen LogP) is 3.77. The summed E-state index contributed by atoms with van der Waals surface area (Å²) in [5.74, 6) is -1.91. The summed E-state index contributed by atoms with van der Waals surface area (Å²) in [6.45, 7) is 5.65. The van der Waals surface area contributed by atoms with E-state index in [1.807, 2.05) is 32.9 Å². The molecular formula is C24H28N2O6. The molecule has 2 aromatic carbocycles. The van der Waals surface area contributed by atoms with Crippen molar-refractivity contribution in [3.8, 4) is 0 Å². The molecule has 2 rings (SSSR count). The van der Waals surface area contributed by atoms with E-state index >= 15 is 0 Å². The van der Waals surface area contributed by atoms with E-state index in [9.17, 15) is 19.2 Å². The average molecular weight is 440 g/mol. The fourth-order valence-corrected chi connectivity index (χ4v) is 2.77. The van der Waals surface area contributed by atoms with Crippen LogP contribution in [0, 0.1) is 13.8 Å². The first-order chi connectivity index (χ1) is 15.3. The third kappa shape index (κ3) is 8.22. The van der Waals surface area contributed by atoms with Gasteiger partial charge in [-0.05, 0) is 56.2 Å². The number of ether oxygens (including phenoxy) is 2. The molecule has 170 valence electrons. The van der Waals surface area contributed by atoms with Crippen LogP contribution in [0.15, 0.2) is 42.5 Å². The standard InChI is InChI=1S/C24H28N2O6/c1-4-13-31-24(30)18-6-8-19(9-7-18)25-21(27)11-12-23(29)32-15-22(28)26-20-10-5-16(2)14-17(20)3/h5-10,14H,4,11-13,15H2,1-3H3,(H,25,27)(H,26,28). The molecule has 0 aliphatic heterocycles. The van der Waals surface area contributed by atoms with Crippen LogP contribution in [-0.4, -0.2) is 37.0 Å². The SMILES string of the molecule is CCCOC(=O)c1ccc(NC(=O)CCC(=O)OCC(=O)Nc2ccc(C)cc2C)cc1. The molecule has 0 saturated heterocycles. The molecule has 0 unspecified atom stereocenters. The van der Waals surface area contributed by atoms with E-state index in [1.54, 1.807) is 30.3 Å². The maximum absolute atomic E-state index is 12.0. The molecule has 0 radical (unpaired) electrons. The molecule has 2 N–H and O–H groups in total. The number of hydrogen-bond donors (Lipinski definition) is 2. The zero-order chi connectivity index (χ0) is 23.5. The number of anilines is 2. The minimum absolute atomic E-state index is 0.0994. The van der Waals surface area contributed by atoms with Crippen LogP contribution in [0.2, 0.25) is 0 Å². The first kappa shape index (κ1) is 24.6. The molecule has 0 saturated carbocycles. The normalized spacial score (nSPS) is 10.2. The minimum atomic E-state index is -0.648. The van der Waals surface area contributed by atoms with E-state index in [4.69, 9.17) is 9.47 Å². The summed E-state index contributed by atoms with van der Waals surface area (Å²) in [4.78, 5) is 47.6. The Morgan fingerprint density at radius 1 is 0.844 bits per heavy atom. The molecule has 0 aromatic heterocycles. The van der Waals surface area contributed by atoms with Gasteiger partial charge in [-0.2, -0.15) is 0 Å². The van der Waals surface area contributed by atoms with Crippen LogP contribution in [-0.2, 0) is 23.9 Å². The van der Waals surface area contributed by atoms with E-state index < -0.39 is 24.5 Å². The van der Waals surface area contributed by atoms with Gasteiger partial charge in [0.15, 0.2) is 6.61 Å². The van der Waals surface area contributed by atoms with Gasteiger partial charge in [0.1, 0.15) is 0 Å². The molecule has 0 fully saturated rings. The van der Waals surface area contributed by atoms with E-state index in [0.29, 0.717) is 23.5 Å². The Morgan fingerprint density at radius 3 is 2.22 bits per heavy atom. The molecule has 2 amide bonds. The van der Waals surface area contributed by atoms with Crippen LogP contribution in [0.1, 0.15) is 47.7 Å². The van der Waals surface area contributed by atoms with E-state index in [-0.39, 0.29) is 18.7 Å². The van der Waals surface area contributed by atoms with Gasteiger partial charge in [-0.3, -0.25) is 14.4 Å². The van der Waals surface area contributed by atoms with Crippen LogP contribution in [0.4, 0.5) is 11.4 Å². The Balaban J connectivity index is 1.70. The van der Waals surface area contributed by atoms with Gasteiger partial charge in [0.25, 0.3) is 5.91 Å². The molecule has 0 heterocycles. The second kappa shape index (κ2) is 12.2. The monoisotopic (exact) mass is 440 g/mol. The van der Waals surface area contributed by atoms with Crippen molar-refractivity contribution in [1.82, 2.24) is 0 Å². The molecule has 0 atom stereocenters. The minimum Gasteiger partial charge on any atom is -0.462 e. The number of carbonyl (C=O) groups excluding carboxylic acids is 4. The van der Waals surface area contributed by atoms with Gasteiger partial charge in [-0.15, -0.1) is 0 Å². The average Bonchev–Trinajstić information content (AvgIpc) is 2.77. The molecule has 32 heavy (non-hydrogen) atoms. The van der Waals surface area contributed by atoms with Gasteiger partial charge >= 0.3 is 11.9 Å². The Kier molecular flexibility index (Phi) is 9.41. The van der Waals surface area contributed by atoms with Crippen molar-refractivity contribution in [3.63, 3.8) is 0 Å². The number of aryl methyl sites for hydroxylation is 2. The summed E-state index contributed by atoms with van der Waals surface area (Å²) in [7, 11) is 0. The number of hydrogen-bond acceptors (Lipinski definition) is 6. The van der Waals surface area contributed by atoms with Crippen molar-refractivity contribution in [2.45, 2.75) is 40.0 Å². The van der Waals surface area contributed by atoms with Crippen molar-refractivity contribution >= 4 is 35.1 Å². The summed E-state index contributed by atoms with van der Waals surface area (Å²) in [5.41, 5.74) is 3.52. The number of rotatable bonds is 10. The summed E-state index contributed by atoms with van der Waals surface area (Å²) in [5, 5.41) is 5.32. The van der Waals surface area contributed by atoms with Gasteiger partial charge in [0.2, 0.25) is 5.91 Å². The van der Waals surface area contributed by atoms with Gasteiger partial charge in [0, 0.05) is 17.8 Å². The van der Waals surface area contributed by atoms with Crippen LogP contribution < -0.4 is 10.6 Å². The first-order valence-corrected chi connectivity index (χ1v) is 10.4. The molecule has 0 bridgehead atoms. The third-order valence-electron chi connectivity index (χ3n) is 4.42. The van der Waals surface area contributed by atoms with Crippen LogP contribution in [0.5, 0.6) is 0 Å². The number of nitrogens with one attached hydrogen (secondary N) is 2. The molecule has 2 aromatic rings. The smallest absolute Gasteiger partial charge is 0.338 e. The number of esters is 2. The van der Waals surface area contributed by atoms with E-state index in [2.05, 4.69) is 10.6 Å². The van der Waals surface area contributed by atoms with Crippen LogP contribution >= 0.6 is 0 Å². The van der Waals surface area contributed by atoms with Gasteiger partial charge in [-0.1, -0.05) is 24.6 Å². The van der Waals surface area contributed by atoms with Crippen molar-refractivity contribution in [2.24, 2.45) is 0 Å². The molecule has 8 heteroatoms. The Bertz CT molecular complexity index is 969. The lowest BCUT2D eigenvalue weighted by Gasteiger charge is -2.10. The van der Waals surface area contributed by atoms with Gasteiger partial charge in [0.05, 0.1) is 18.6 Å². The predicted molar refractivity (Wildman–Crippen MR) is 120 cm³/mol. The lowest BCUT2D eigenvalue weighted by Crippen LogP contribution is -2.22. The summed E-state index contributed by atoms with van der Waals surface area (Å²) in [6.07, 6.45) is 0.474. The van der Waals surface area contributed by atoms with Crippen molar-refractivity contribution in [1.29, 1.82) is 0 Å². The molecule has 8 nitrogen and oxygen atoms in total. The highest BCUT2D eigenvalue weighted by Crippen LogP contribution is 2.16. The third-order valence-corrected chi connectivity index (χ3v) is 4.42. The van der Waals surface area contributed by atoms with Gasteiger partial charge in [-0.25, -0.2) is 4.79 Å². The number of benzene rings is 2. The highest BCUT2D eigenvalue weighted by atomic mass is 16.5. The van der Waals surface area contributed by atoms with Crippen LogP contribution in [0.3, 0.4) is 0 Å². The van der Waals surface area contributed by atoms with Crippen molar-refractivity contribution < 1.29 is 28.7 Å². The fraction of sp³-hybridized carbons (Fsp3) is 0.333. The molecular weight excluding hydrogens is 412 g/mol. The maximum Gasteiger partial charge on any atom is 0.338 e. The zero-order valence-electron chi connectivity index (χ0n) is 18.5. The first-order valence-electron chi connectivity index (χ1n) is 10.4. The molecule has 0 aliphatic rings. The topological polar surface area (TPSA) is 111 Å². The second-order valence-electron chi connectivity index (χ2n) is 7.29. The summed E-state index contributed by atoms with van der Waals surface area (Å²) < 4.78 is 9.97. The lowest BCUT2D eigenvalue weighted by atomic mass is 10.1. The fourth-order valence-electron chi connectivity index (χ4n) is 2.77. The highest BCUT2D eigenvalue weighted by molar-refractivity contribution is 5.95. The Hall–Kier alpha value is -3.68. The lowest BCUT2D eigenvalue weighted by molar-refractivity contribution is -0.147. The second-order valence-corrected chi connectivity index (χ2v) is 7.29. The summed E-state index contributed by atoms with van der Waals surface area (Å²) >= 11 is 0. The Labute approximate surface area is 187 Å². The quantitative estimate of drug-likeness (QED) is 0.544. The number of carbonyl (C=O) groups is 4. The van der Waals surface area contributed by atoms with E-state index in [0.717, 1.165) is 17.5 Å². The van der Waals surface area contributed by atoms with Crippen molar-refractivity contribution in [3.05, 3.63) is 59.2 Å². The molecule has 0 spiro atoms. The largest absolute Gasteiger partial charge is 0.462 e. The van der Waals surface area contributed by atoms with E-state index in [1.165, 1.54) is 0 Å². The number of amides is 2. The maximum atomic E-state index is 12.0. The zero-order valence-corrected chi connectivity index (χ0v) is 18.5. The summed E-state index contributed by atoms with van der Waals surface area (Å²) in [6, 6.07) is 11.9. The Morgan fingerprint density at radius 2 is 1.56 bits per heavy atom. The van der Waals surface area contributed by atoms with Gasteiger partial charge < -0.3 is 20.1 Å². The van der Waals surface area contributed by atoms with Crippen molar-refractivity contribution in [2.75, 3.05) is 23.8 Å². The van der Waals surface area contributed by atoms with Crippen LogP contribution in [0.25, 0.3) is 0 Å². The molecule has 0 aliphatic carbocycles.